The van der Waals surface area contributed by atoms with Crippen molar-refractivity contribution in [1.29, 1.82) is 0 Å². The quantitative estimate of drug-likeness (QED) is 0.877. The molecule has 2 aliphatic heterocycles. The number of piperidine rings is 1. The van der Waals surface area contributed by atoms with Gasteiger partial charge >= 0.3 is 0 Å². The molecule has 0 amide bonds. The second-order valence-electron chi connectivity index (χ2n) is 6.58. The zero-order chi connectivity index (χ0) is 13.6. The van der Waals surface area contributed by atoms with E-state index in [1.807, 2.05) is 0 Å². The van der Waals surface area contributed by atoms with Gasteiger partial charge in [0.05, 0.1) is 6.10 Å². The van der Waals surface area contributed by atoms with Crippen LogP contribution in [-0.4, -0.2) is 23.3 Å². The molecule has 0 radical (unpaired) electrons. The van der Waals surface area contributed by atoms with Crippen LogP contribution in [0.5, 0.6) is 0 Å². The Kier molecular flexibility index (Phi) is 3.30. The molecule has 19 heavy (non-hydrogen) atoms. The molecule has 0 aromatic heterocycles. The highest BCUT2D eigenvalue weighted by atomic mass is 16.3. The predicted molar refractivity (Wildman–Crippen MR) is 79.8 cm³/mol. The van der Waals surface area contributed by atoms with E-state index in [9.17, 15) is 5.11 Å². The topological polar surface area (TPSA) is 23.5 Å². The van der Waals surface area contributed by atoms with Gasteiger partial charge in [0.25, 0.3) is 0 Å². The van der Waals surface area contributed by atoms with Gasteiger partial charge in [0.2, 0.25) is 0 Å². The van der Waals surface area contributed by atoms with Gasteiger partial charge < -0.3 is 10.0 Å². The van der Waals surface area contributed by atoms with Gasteiger partial charge in [-0.2, -0.15) is 0 Å². The molecular formula is C17H25NO. The smallest absolute Gasteiger partial charge is 0.0579 e. The maximum Gasteiger partial charge on any atom is 0.0579 e. The van der Waals surface area contributed by atoms with E-state index in [0.29, 0.717) is 18.0 Å². The summed E-state index contributed by atoms with van der Waals surface area (Å²) in [5.74, 6) is 0.557. The number of aliphatic hydroxyl groups excluding tert-OH is 1. The van der Waals surface area contributed by atoms with Crippen LogP contribution < -0.4 is 4.90 Å². The Balaban J connectivity index is 2.03. The number of aliphatic hydroxyl groups is 1. The van der Waals surface area contributed by atoms with Crippen LogP contribution in [-0.2, 0) is 0 Å². The van der Waals surface area contributed by atoms with Gasteiger partial charge in [-0.1, -0.05) is 32.0 Å². The van der Waals surface area contributed by atoms with E-state index in [0.717, 1.165) is 12.8 Å². The second-order valence-corrected chi connectivity index (χ2v) is 6.58. The summed E-state index contributed by atoms with van der Waals surface area (Å²) in [4.78, 5) is 2.64. The molecule has 2 saturated heterocycles. The van der Waals surface area contributed by atoms with Crippen molar-refractivity contribution < 1.29 is 5.11 Å². The van der Waals surface area contributed by atoms with Crippen LogP contribution in [0.2, 0.25) is 0 Å². The fourth-order valence-corrected chi connectivity index (χ4v) is 4.01. The van der Waals surface area contributed by atoms with E-state index in [-0.39, 0.29) is 6.10 Å². The van der Waals surface area contributed by atoms with Gasteiger partial charge in [-0.25, -0.2) is 0 Å². The third kappa shape index (κ3) is 2.16. The lowest BCUT2D eigenvalue weighted by Crippen LogP contribution is -2.45. The molecule has 2 heterocycles. The van der Waals surface area contributed by atoms with E-state index in [1.54, 1.807) is 0 Å². The molecule has 1 N–H and O–H groups in total. The number of benzene rings is 1. The molecule has 2 nitrogen and oxygen atoms in total. The minimum atomic E-state index is -0.0831. The summed E-state index contributed by atoms with van der Waals surface area (Å²) < 4.78 is 0. The van der Waals surface area contributed by atoms with E-state index >= 15 is 0 Å². The molecule has 104 valence electrons. The molecule has 0 spiro atoms. The van der Waals surface area contributed by atoms with Crippen LogP contribution in [0, 0.1) is 6.92 Å². The Bertz CT molecular complexity index is 454. The predicted octanol–water partition coefficient (Wildman–Crippen LogP) is 3.61. The van der Waals surface area contributed by atoms with E-state index in [2.05, 4.69) is 43.9 Å². The molecule has 2 bridgehead atoms. The lowest BCUT2D eigenvalue weighted by atomic mass is 9.92. The first-order valence-electron chi connectivity index (χ1n) is 7.64. The van der Waals surface area contributed by atoms with E-state index in [4.69, 9.17) is 0 Å². The number of nitrogens with zero attached hydrogens (tertiary/aromatic N) is 1. The van der Waals surface area contributed by atoms with Crippen LogP contribution in [0.4, 0.5) is 5.69 Å². The third-order valence-electron chi connectivity index (χ3n) is 4.86. The number of anilines is 1. The van der Waals surface area contributed by atoms with Crippen molar-refractivity contribution in [2.75, 3.05) is 4.90 Å². The van der Waals surface area contributed by atoms with E-state index in [1.165, 1.54) is 29.7 Å². The van der Waals surface area contributed by atoms with Gasteiger partial charge in [-0.15, -0.1) is 0 Å². The minimum absolute atomic E-state index is 0.0831. The molecule has 1 aromatic carbocycles. The van der Waals surface area contributed by atoms with Crippen LogP contribution >= 0.6 is 0 Å². The monoisotopic (exact) mass is 259 g/mol. The fraction of sp³-hybridized carbons (Fsp3) is 0.647. The molecule has 2 atom stereocenters. The Hall–Kier alpha value is -1.02. The Morgan fingerprint density at radius 3 is 2.37 bits per heavy atom. The van der Waals surface area contributed by atoms with Gasteiger partial charge in [0, 0.05) is 17.8 Å². The summed E-state index contributed by atoms with van der Waals surface area (Å²) in [6.45, 7) is 6.78. The number of hydrogen-bond donors (Lipinski definition) is 1. The number of para-hydroxylation sites is 1. The lowest BCUT2D eigenvalue weighted by Gasteiger charge is -2.41. The summed E-state index contributed by atoms with van der Waals surface area (Å²) in [7, 11) is 0. The number of hydrogen-bond acceptors (Lipinski definition) is 2. The summed E-state index contributed by atoms with van der Waals surface area (Å²) in [6, 6.07) is 7.78. The minimum Gasteiger partial charge on any atom is -0.393 e. The Morgan fingerprint density at radius 1 is 1.16 bits per heavy atom. The third-order valence-corrected chi connectivity index (χ3v) is 4.86. The lowest BCUT2D eigenvalue weighted by molar-refractivity contribution is 0.126. The number of aryl methyl sites for hydroxylation is 1. The highest BCUT2D eigenvalue weighted by Crippen LogP contribution is 2.43. The summed E-state index contributed by atoms with van der Waals surface area (Å²) in [6.07, 6.45) is 4.30. The fourth-order valence-electron chi connectivity index (χ4n) is 4.01. The molecule has 2 aliphatic rings. The van der Waals surface area contributed by atoms with Gasteiger partial charge in [0.1, 0.15) is 0 Å². The summed E-state index contributed by atoms with van der Waals surface area (Å²) in [5, 5.41) is 9.98. The first kappa shape index (κ1) is 13.0. The Morgan fingerprint density at radius 2 is 1.79 bits per heavy atom. The Labute approximate surface area is 116 Å². The molecule has 2 fully saturated rings. The molecular weight excluding hydrogens is 234 g/mol. The second kappa shape index (κ2) is 4.82. The van der Waals surface area contributed by atoms with Gasteiger partial charge in [-0.3, -0.25) is 0 Å². The SMILES string of the molecule is Cc1cccc(C(C)C)c1N1C2CCC1CC(O)C2. The molecule has 0 saturated carbocycles. The van der Waals surface area contributed by atoms with Crippen molar-refractivity contribution in [3.05, 3.63) is 29.3 Å². The van der Waals surface area contributed by atoms with Gasteiger partial charge in [-0.05, 0) is 49.7 Å². The normalized spacial score (nSPS) is 30.2. The molecule has 0 aliphatic carbocycles. The largest absolute Gasteiger partial charge is 0.393 e. The summed E-state index contributed by atoms with van der Waals surface area (Å²) in [5.41, 5.74) is 4.31. The van der Waals surface area contributed by atoms with Crippen molar-refractivity contribution in [2.24, 2.45) is 0 Å². The van der Waals surface area contributed by atoms with Crippen molar-refractivity contribution >= 4 is 5.69 Å². The van der Waals surface area contributed by atoms with Crippen LogP contribution in [0.3, 0.4) is 0 Å². The molecule has 3 rings (SSSR count). The van der Waals surface area contributed by atoms with Crippen molar-refractivity contribution in [3.63, 3.8) is 0 Å². The molecule has 2 heteroatoms. The maximum absolute atomic E-state index is 9.98. The average molecular weight is 259 g/mol. The van der Waals surface area contributed by atoms with E-state index < -0.39 is 0 Å². The molecule has 2 unspecified atom stereocenters. The van der Waals surface area contributed by atoms with Crippen LogP contribution in [0.15, 0.2) is 18.2 Å². The highest BCUT2D eigenvalue weighted by Gasteiger charge is 2.41. The average Bonchev–Trinajstić information content (AvgIpc) is 2.61. The first-order chi connectivity index (χ1) is 9.08. The van der Waals surface area contributed by atoms with Crippen molar-refractivity contribution in [3.8, 4) is 0 Å². The number of fused-ring (bicyclic) bond motifs is 2. The zero-order valence-corrected chi connectivity index (χ0v) is 12.3. The van der Waals surface area contributed by atoms with Gasteiger partial charge in [0.15, 0.2) is 0 Å². The van der Waals surface area contributed by atoms with Crippen LogP contribution in [0.1, 0.15) is 56.6 Å². The van der Waals surface area contributed by atoms with Crippen molar-refractivity contribution in [1.82, 2.24) is 0 Å². The maximum atomic E-state index is 9.98. The number of rotatable bonds is 2. The standard InChI is InChI=1S/C17H25NO/c1-11(2)16-6-4-5-12(3)17(16)18-13-7-8-14(18)10-15(19)9-13/h4-6,11,13-15,19H,7-10H2,1-3H3. The molecule has 1 aromatic rings. The highest BCUT2D eigenvalue weighted by molar-refractivity contribution is 5.63. The zero-order valence-electron chi connectivity index (χ0n) is 12.3. The van der Waals surface area contributed by atoms with Crippen LogP contribution in [0.25, 0.3) is 0 Å². The van der Waals surface area contributed by atoms with Crippen molar-refractivity contribution in [2.45, 2.75) is 70.6 Å². The summed E-state index contributed by atoms with van der Waals surface area (Å²) >= 11 is 0. The first-order valence-corrected chi connectivity index (χ1v) is 7.64.